The van der Waals surface area contributed by atoms with Crippen LogP contribution in [0.5, 0.6) is 17.2 Å². The third-order valence-corrected chi connectivity index (χ3v) is 2.76. The molecule has 0 spiro atoms. The summed E-state index contributed by atoms with van der Waals surface area (Å²) in [6, 6.07) is 3.87. The van der Waals surface area contributed by atoms with Gasteiger partial charge in [0.2, 0.25) is 5.75 Å². The molecule has 2 rings (SSSR count). The summed E-state index contributed by atoms with van der Waals surface area (Å²) < 4.78 is 16.0. The molecule has 0 unspecified atom stereocenters. The summed E-state index contributed by atoms with van der Waals surface area (Å²) in [5.41, 5.74) is 1.90. The van der Waals surface area contributed by atoms with E-state index in [1.54, 1.807) is 27.5 Å². The van der Waals surface area contributed by atoms with E-state index in [1.165, 1.54) is 0 Å². The zero-order valence-electron chi connectivity index (χ0n) is 10.4. The number of aromatic nitrogens is 1. The number of benzene rings is 1. The van der Waals surface area contributed by atoms with Gasteiger partial charge in [-0.25, -0.2) is 0 Å². The Labute approximate surface area is 100 Å². The lowest BCUT2D eigenvalue weighted by Crippen LogP contribution is -1.97. The van der Waals surface area contributed by atoms with Crippen molar-refractivity contribution < 1.29 is 14.2 Å². The zero-order chi connectivity index (χ0) is 12.4. The number of ether oxygens (including phenoxy) is 3. The molecule has 0 aliphatic heterocycles. The van der Waals surface area contributed by atoms with Gasteiger partial charge >= 0.3 is 0 Å². The molecule has 2 aromatic rings. The molecule has 4 heteroatoms. The number of pyridine rings is 1. The summed E-state index contributed by atoms with van der Waals surface area (Å²) in [6.07, 6.45) is 1.76. The molecule has 1 heterocycles. The number of hydrogen-bond acceptors (Lipinski definition) is 4. The standard InChI is InChI=1S/C13H15NO3/c1-8-5-6-14-11-9(8)7-10(15-2)12(16-3)13(11)17-4/h5-7H,1-4H3. The molecule has 0 radical (unpaired) electrons. The van der Waals surface area contributed by atoms with Gasteiger partial charge in [-0.2, -0.15) is 0 Å². The van der Waals surface area contributed by atoms with Crippen molar-refractivity contribution in [3.05, 3.63) is 23.9 Å². The maximum atomic E-state index is 5.38. The molecule has 0 aliphatic carbocycles. The Kier molecular flexibility index (Phi) is 3.04. The fraction of sp³-hybridized carbons (Fsp3) is 0.308. The Bertz CT molecular complexity index is 552. The monoisotopic (exact) mass is 233 g/mol. The first-order valence-corrected chi connectivity index (χ1v) is 5.27. The van der Waals surface area contributed by atoms with Crippen molar-refractivity contribution in [3.8, 4) is 17.2 Å². The summed E-state index contributed by atoms with van der Waals surface area (Å²) >= 11 is 0. The average Bonchev–Trinajstić information content (AvgIpc) is 2.36. The molecular weight excluding hydrogens is 218 g/mol. The third kappa shape index (κ3) is 1.75. The maximum absolute atomic E-state index is 5.38. The van der Waals surface area contributed by atoms with Crippen LogP contribution in [0.1, 0.15) is 5.56 Å². The van der Waals surface area contributed by atoms with E-state index in [0.29, 0.717) is 17.2 Å². The minimum atomic E-state index is 0.570. The molecule has 0 saturated carbocycles. The molecule has 0 aliphatic rings. The molecule has 1 aromatic heterocycles. The van der Waals surface area contributed by atoms with Gasteiger partial charge in [0.05, 0.1) is 21.3 Å². The van der Waals surface area contributed by atoms with Crippen LogP contribution in [0.2, 0.25) is 0 Å². The zero-order valence-corrected chi connectivity index (χ0v) is 10.4. The Balaban J connectivity index is 2.88. The predicted molar refractivity (Wildman–Crippen MR) is 66.1 cm³/mol. The minimum absolute atomic E-state index is 0.570. The average molecular weight is 233 g/mol. The highest BCUT2D eigenvalue weighted by Crippen LogP contribution is 2.42. The molecule has 17 heavy (non-hydrogen) atoms. The van der Waals surface area contributed by atoms with Gasteiger partial charge in [0.15, 0.2) is 11.5 Å². The van der Waals surface area contributed by atoms with Crippen LogP contribution in [0.25, 0.3) is 10.9 Å². The number of fused-ring (bicyclic) bond motifs is 1. The highest BCUT2D eigenvalue weighted by atomic mass is 16.5. The Morgan fingerprint density at radius 1 is 1.00 bits per heavy atom. The first kappa shape index (κ1) is 11.5. The van der Waals surface area contributed by atoms with E-state index >= 15 is 0 Å². The number of aryl methyl sites for hydroxylation is 1. The SMILES string of the molecule is COc1cc2c(C)ccnc2c(OC)c1OC. The highest BCUT2D eigenvalue weighted by molar-refractivity contribution is 5.91. The second-order valence-electron chi connectivity index (χ2n) is 3.67. The summed E-state index contributed by atoms with van der Waals surface area (Å²) in [4.78, 5) is 4.34. The van der Waals surface area contributed by atoms with E-state index < -0.39 is 0 Å². The number of rotatable bonds is 3. The normalized spacial score (nSPS) is 10.4. The molecule has 0 fully saturated rings. The number of methoxy groups -OCH3 is 3. The van der Waals surface area contributed by atoms with E-state index in [-0.39, 0.29) is 0 Å². The summed E-state index contributed by atoms with van der Waals surface area (Å²) in [6.45, 7) is 2.02. The van der Waals surface area contributed by atoms with E-state index in [4.69, 9.17) is 14.2 Å². The second kappa shape index (κ2) is 4.49. The molecule has 0 saturated heterocycles. The van der Waals surface area contributed by atoms with Crippen LogP contribution >= 0.6 is 0 Å². The van der Waals surface area contributed by atoms with E-state index in [2.05, 4.69) is 4.98 Å². The predicted octanol–water partition coefficient (Wildman–Crippen LogP) is 2.57. The molecular formula is C13H15NO3. The van der Waals surface area contributed by atoms with E-state index in [9.17, 15) is 0 Å². The molecule has 0 N–H and O–H groups in total. The van der Waals surface area contributed by atoms with Gasteiger partial charge in [0.25, 0.3) is 0 Å². The first-order valence-electron chi connectivity index (χ1n) is 5.27. The van der Waals surface area contributed by atoms with Crippen molar-refractivity contribution in [1.29, 1.82) is 0 Å². The third-order valence-electron chi connectivity index (χ3n) is 2.76. The Morgan fingerprint density at radius 3 is 2.29 bits per heavy atom. The number of nitrogens with zero attached hydrogens (tertiary/aromatic N) is 1. The Hall–Kier alpha value is -1.97. The Morgan fingerprint density at radius 2 is 1.71 bits per heavy atom. The van der Waals surface area contributed by atoms with Crippen LogP contribution in [-0.2, 0) is 0 Å². The first-order chi connectivity index (χ1) is 8.22. The summed E-state index contributed by atoms with van der Waals surface area (Å²) in [5, 5.41) is 1.00. The fourth-order valence-electron chi connectivity index (χ4n) is 1.88. The van der Waals surface area contributed by atoms with Crippen LogP contribution < -0.4 is 14.2 Å². The summed E-state index contributed by atoms with van der Waals surface area (Å²) in [7, 11) is 4.79. The highest BCUT2D eigenvalue weighted by Gasteiger charge is 2.17. The quantitative estimate of drug-likeness (QED) is 0.817. The van der Waals surface area contributed by atoms with Crippen molar-refractivity contribution in [3.63, 3.8) is 0 Å². The summed E-state index contributed by atoms with van der Waals surface area (Å²) in [5.74, 6) is 1.82. The molecule has 4 nitrogen and oxygen atoms in total. The maximum Gasteiger partial charge on any atom is 0.205 e. The van der Waals surface area contributed by atoms with Gasteiger partial charge in [-0.05, 0) is 24.6 Å². The lowest BCUT2D eigenvalue weighted by Gasteiger charge is -2.14. The second-order valence-corrected chi connectivity index (χ2v) is 3.67. The molecule has 0 bridgehead atoms. The van der Waals surface area contributed by atoms with Gasteiger partial charge in [-0.15, -0.1) is 0 Å². The van der Waals surface area contributed by atoms with Crippen LogP contribution in [0.3, 0.4) is 0 Å². The van der Waals surface area contributed by atoms with Gasteiger partial charge < -0.3 is 14.2 Å². The van der Waals surface area contributed by atoms with Gasteiger partial charge in [0.1, 0.15) is 5.52 Å². The minimum Gasteiger partial charge on any atom is -0.493 e. The van der Waals surface area contributed by atoms with Gasteiger partial charge in [-0.3, -0.25) is 4.98 Å². The van der Waals surface area contributed by atoms with Gasteiger partial charge in [-0.1, -0.05) is 0 Å². The van der Waals surface area contributed by atoms with Crippen LogP contribution in [0.4, 0.5) is 0 Å². The lowest BCUT2D eigenvalue weighted by molar-refractivity contribution is 0.327. The van der Waals surface area contributed by atoms with Crippen LogP contribution in [-0.4, -0.2) is 26.3 Å². The van der Waals surface area contributed by atoms with Gasteiger partial charge in [0, 0.05) is 11.6 Å². The molecule has 1 aromatic carbocycles. The molecule has 0 amide bonds. The number of hydrogen-bond donors (Lipinski definition) is 0. The van der Waals surface area contributed by atoms with Crippen molar-refractivity contribution in [2.24, 2.45) is 0 Å². The fourth-order valence-corrected chi connectivity index (χ4v) is 1.88. The van der Waals surface area contributed by atoms with Crippen LogP contribution in [0, 0.1) is 6.92 Å². The van der Waals surface area contributed by atoms with E-state index in [0.717, 1.165) is 16.5 Å². The topological polar surface area (TPSA) is 40.6 Å². The van der Waals surface area contributed by atoms with Crippen molar-refractivity contribution in [1.82, 2.24) is 4.98 Å². The smallest absolute Gasteiger partial charge is 0.205 e. The van der Waals surface area contributed by atoms with Crippen molar-refractivity contribution >= 4 is 10.9 Å². The molecule has 0 atom stereocenters. The van der Waals surface area contributed by atoms with Crippen molar-refractivity contribution in [2.45, 2.75) is 6.92 Å². The lowest BCUT2D eigenvalue weighted by atomic mass is 10.1. The van der Waals surface area contributed by atoms with Crippen molar-refractivity contribution in [2.75, 3.05) is 21.3 Å². The van der Waals surface area contributed by atoms with E-state index in [1.807, 2.05) is 19.1 Å². The largest absolute Gasteiger partial charge is 0.493 e. The van der Waals surface area contributed by atoms with Crippen LogP contribution in [0.15, 0.2) is 18.3 Å². The molecule has 90 valence electrons.